The molecule has 0 aliphatic carbocycles. The van der Waals surface area contributed by atoms with Crippen molar-refractivity contribution in [3.05, 3.63) is 66.1 Å². The molecule has 0 saturated carbocycles. The summed E-state index contributed by atoms with van der Waals surface area (Å²) in [6, 6.07) is 7.90. The average molecular weight is 480 g/mol. The summed E-state index contributed by atoms with van der Waals surface area (Å²) in [6.45, 7) is 0.711. The fraction of sp³-hybridized carbons (Fsp3) is 0.227. The summed E-state index contributed by atoms with van der Waals surface area (Å²) in [4.78, 5) is 21.9. The second kappa shape index (κ2) is 9.21. The third-order valence-corrected chi connectivity index (χ3v) is 5.01. The number of carbonyl (C=O) groups is 1. The van der Waals surface area contributed by atoms with Crippen LogP contribution in [0.3, 0.4) is 0 Å². The molecule has 2 N–H and O–H groups in total. The van der Waals surface area contributed by atoms with Crippen molar-refractivity contribution in [3.8, 4) is 16.9 Å². The van der Waals surface area contributed by atoms with Gasteiger partial charge in [0.1, 0.15) is 11.6 Å². The van der Waals surface area contributed by atoms with Crippen molar-refractivity contribution >= 4 is 17.4 Å². The number of benzene rings is 1. The average Bonchev–Trinajstić information content (AvgIpc) is 3.19. The van der Waals surface area contributed by atoms with Crippen LogP contribution < -0.4 is 15.0 Å². The lowest BCUT2D eigenvalue weighted by Crippen LogP contribution is -2.23. The highest BCUT2D eigenvalue weighted by atomic mass is 19.4. The number of aliphatic hydroxyl groups is 1. The quantitative estimate of drug-likeness (QED) is 0.422. The molecule has 12 heteroatoms. The van der Waals surface area contributed by atoms with Gasteiger partial charge in [0.15, 0.2) is 0 Å². The van der Waals surface area contributed by atoms with E-state index >= 15 is 0 Å². The zero-order valence-electron chi connectivity index (χ0n) is 17.3. The van der Waals surface area contributed by atoms with Crippen LogP contribution in [0.5, 0.6) is 5.75 Å². The maximum atomic E-state index is 13.8. The number of rotatable bonds is 5. The lowest BCUT2D eigenvalue weighted by Gasteiger charge is -2.21. The highest BCUT2D eigenvalue weighted by molar-refractivity contribution is 6.05. The van der Waals surface area contributed by atoms with Crippen LogP contribution in [0.2, 0.25) is 0 Å². The Hall–Kier alpha value is -3.80. The minimum Gasteiger partial charge on any atom is -0.406 e. The fourth-order valence-electron chi connectivity index (χ4n) is 3.54. The van der Waals surface area contributed by atoms with Gasteiger partial charge in [0.25, 0.3) is 5.91 Å². The number of hydrogen-bond donors (Lipinski definition) is 2. The number of alkyl halides is 3. The standard InChI is InChI=1S/C22H17F5N4O3/c23-18-8-12(9-19(24)30-18)17-7-13(10-28-20(17)31-6-5-15(32)11-31)21(33)29-14-1-3-16(4-2-14)34-22(25,26)27/h1-4,7-10,15,32H,5-6,11H2,(H,29,33)/t15-/m1/s1. The Bertz CT molecular complexity index is 1180. The number of aliphatic hydroxyl groups excluding tert-OH is 1. The summed E-state index contributed by atoms with van der Waals surface area (Å²) in [5.41, 5.74) is 0.564. The van der Waals surface area contributed by atoms with E-state index in [1.165, 1.54) is 24.4 Å². The summed E-state index contributed by atoms with van der Waals surface area (Å²) in [6.07, 6.45) is -3.69. The molecular formula is C22H17F5N4O3. The third kappa shape index (κ3) is 5.57. The minimum atomic E-state index is -4.84. The molecule has 0 bridgehead atoms. The molecule has 1 aromatic carbocycles. The number of β-amino-alcohol motifs (C(OH)–C–C–N with tert-alkyl or cyclic N) is 1. The van der Waals surface area contributed by atoms with Crippen molar-refractivity contribution in [2.24, 2.45) is 0 Å². The van der Waals surface area contributed by atoms with E-state index in [0.717, 1.165) is 24.3 Å². The SMILES string of the molecule is O=C(Nc1ccc(OC(F)(F)F)cc1)c1cnc(N2CC[C@@H](O)C2)c(-c2cc(F)nc(F)c2)c1. The summed E-state index contributed by atoms with van der Waals surface area (Å²) in [5, 5.41) is 12.4. The van der Waals surface area contributed by atoms with Gasteiger partial charge in [-0.2, -0.15) is 13.8 Å². The molecule has 3 heterocycles. The van der Waals surface area contributed by atoms with Gasteiger partial charge in [-0.15, -0.1) is 13.2 Å². The zero-order chi connectivity index (χ0) is 24.5. The number of pyridine rings is 2. The predicted octanol–water partition coefficient (Wildman–Crippen LogP) is 4.14. The maximum Gasteiger partial charge on any atom is 0.573 e. The van der Waals surface area contributed by atoms with E-state index in [-0.39, 0.29) is 28.9 Å². The van der Waals surface area contributed by atoms with Crippen LogP contribution in [0.1, 0.15) is 16.8 Å². The first-order chi connectivity index (χ1) is 16.1. The van der Waals surface area contributed by atoms with Crippen LogP contribution in [0.15, 0.2) is 48.7 Å². The highest BCUT2D eigenvalue weighted by Gasteiger charge is 2.31. The van der Waals surface area contributed by atoms with Gasteiger partial charge in [-0.05, 0) is 42.3 Å². The lowest BCUT2D eigenvalue weighted by molar-refractivity contribution is -0.274. The molecule has 1 fully saturated rings. The molecule has 7 nitrogen and oxygen atoms in total. The maximum absolute atomic E-state index is 13.8. The molecule has 1 amide bonds. The first-order valence-electron chi connectivity index (χ1n) is 10.0. The van der Waals surface area contributed by atoms with E-state index in [2.05, 4.69) is 20.0 Å². The Kier molecular flexibility index (Phi) is 6.33. The second-order valence-corrected chi connectivity index (χ2v) is 7.51. The molecule has 1 aliphatic heterocycles. The van der Waals surface area contributed by atoms with Gasteiger partial charge in [0.05, 0.1) is 11.7 Å². The van der Waals surface area contributed by atoms with Gasteiger partial charge in [0, 0.05) is 42.7 Å². The van der Waals surface area contributed by atoms with Crippen LogP contribution in [0.25, 0.3) is 11.1 Å². The van der Waals surface area contributed by atoms with Crippen LogP contribution >= 0.6 is 0 Å². The molecule has 178 valence electrons. The van der Waals surface area contributed by atoms with Crippen molar-refractivity contribution in [1.82, 2.24) is 9.97 Å². The van der Waals surface area contributed by atoms with Crippen molar-refractivity contribution in [1.29, 1.82) is 0 Å². The molecular weight excluding hydrogens is 463 g/mol. The summed E-state index contributed by atoms with van der Waals surface area (Å²) in [5.74, 6) is -2.89. The fourth-order valence-corrected chi connectivity index (χ4v) is 3.54. The molecule has 1 saturated heterocycles. The van der Waals surface area contributed by atoms with Gasteiger partial charge < -0.3 is 20.1 Å². The molecule has 3 aromatic rings. The van der Waals surface area contributed by atoms with Crippen LogP contribution in [0.4, 0.5) is 33.5 Å². The van der Waals surface area contributed by atoms with Crippen molar-refractivity contribution in [3.63, 3.8) is 0 Å². The zero-order valence-corrected chi connectivity index (χ0v) is 17.3. The second-order valence-electron chi connectivity index (χ2n) is 7.51. The minimum absolute atomic E-state index is 0.0340. The van der Waals surface area contributed by atoms with E-state index in [0.29, 0.717) is 18.8 Å². The smallest absolute Gasteiger partial charge is 0.406 e. The molecule has 34 heavy (non-hydrogen) atoms. The summed E-state index contributed by atoms with van der Waals surface area (Å²) in [7, 11) is 0. The topological polar surface area (TPSA) is 87.6 Å². The normalized spacial score (nSPS) is 15.9. The molecule has 0 radical (unpaired) electrons. The molecule has 0 spiro atoms. The van der Waals surface area contributed by atoms with E-state index in [1.807, 2.05) is 0 Å². The first kappa shape index (κ1) is 23.4. The van der Waals surface area contributed by atoms with E-state index in [9.17, 15) is 31.9 Å². The van der Waals surface area contributed by atoms with E-state index in [1.54, 1.807) is 4.90 Å². The molecule has 2 aromatic heterocycles. The third-order valence-electron chi connectivity index (χ3n) is 5.01. The molecule has 1 atom stereocenters. The van der Waals surface area contributed by atoms with Gasteiger partial charge >= 0.3 is 6.36 Å². The number of carbonyl (C=O) groups excluding carboxylic acids is 1. The molecule has 4 rings (SSSR count). The number of ether oxygens (including phenoxy) is 1. The monoisotopic (exact) mass is 480 g/mol. The Morgan fingerprint density at radius 3 is 2.38 bits per heavy atom. The number of aromatic nitrogens is 2. The van der Waals surface area contributed by atoms with Crippen molar-refractivity contribution in [2.45, 2.75) is 18.9 Å². The van der Waals surface area contributed by atoms with Gasteiger partial charge in [-0.3, -0.25) is 4.79 Å². The van der Waals surface area contributed by atoms with E-state index < -0.39 is 36.0 Å². The highest BCUT2D eigenvalue weighted by Crippen LogP contribution is 2.33. The predicted molar refractivity (Wildman–Crippen MR) is 111 cm³/mol. The Balaban J connectivity index is 1.62. The van der Waals surface area contributed by atoms with Crippen LogP contribution in [-0.2, 0) is 0 Å². The van der Waals surface area contributed by atoms with Crippen molar-refractivity contribution < 1.29 is 36.6 Å². The first-order valence-corrected chi connectivity index (χ1v) is 10.0. The number of amides is 1. The number of halogens is 5. The number of hydrogen-bond acceptors (Lipinski definition) is 6. The summed E-state index contributed by atoms with van der Waals surface area (Å²) < 4.78 is 68.3. The summed E-state index contributed by atoms with van der Waals surface area (Å²) >= 11 is 0. The number of nitrogens with zero attached hydrogens (tertiary/aromatic N) is 3. The van der Waals surface area contributed by atoms with E-state index in [4.69, 9.17) is 0 Å². The van der Waals surface area contributed by atoms with Gasteiger partial charge in [-0.1, -0.05) is 0 Å². The van der Waals surface area contributed by atoms with Crippen molar-refractivity contribution in [2.75, 3.05) is 23.3 Å². The Morgan fingerprint density at radius 1 is 1.12 bits per heavy atom. The van der Waals surface area contributed by atoms with Gasteiger partial charge in [-0.25, -0.2) is 4.98 Å². The molecule has 0 unspecified atom stereocenters. The van der Waals surface area contributed by atoms with Crippen LogP contribution in [-0.4, -0.2) is 46.5 Å². The lowest BCUT2D eigenvalue weighted by atomic mass is 10.0. The van der Waals surface area contributed by atoms with Crippen LogP contribution in [0, 0.1) is 11.9 Å². The number of nitrogens with one attached hydrogen (secondary N) is 1. The molecule has 1 aliphatic rings. The van der Waals surface area contributed by atoms with Gasteiger partial charge in [0.2, 0.25) is 11.9 Å². The Morgan fingerprint density at radius 2 is 1.79 bits per heavy atom. The largest absolute Gasteiger partial charge is 0.573 e. The number of anilines is 2. The Labute approximate surface area is 189 Å².